The van der Waals surface area contributed by atoms with Crippen LogP contribution < -0.4 is 0 Å². The number of benzene rings is 2. The molecule has 2 N–H and O–H groups in total. The monoisotopic (exact) mass is 684 g/mol. The van der Waals surface area contributed by atoms with E-state index in [4.69, 9.17) is 18.9 Å². The standard InChI is InChI=1S/C41H64O8/c1-27(47-20-21-49-35(43)17-15-29-24-32(40(8,9)10)37(45)33(25-29)41(11,12)13)26-46-18-19-48-34(42)16-14-28-22-30(38(2,3)4)36(44)31(23-28)39(5,6)7/h22-25,27,44-45H,14-21,26H2,1-13H3. The number of esters is 2. The third kappa shape index (κ3) is 13.6. The topological polar surface area (TPSA) is 112 Å². The summed E-state index contributed by atoms with van der Waals surface area (Å²) in [6.07, 6.45) is 1.30. The molecule has 0 spiro atoms. The van der Waals surface area contributed by atoms with Crippen LogP contribution in [-0.4, -0.2) is 61.3 Å². The number of aryl methyl sites for hydroxylation is 2. The summed E-state index contributed by atoms with van der Waals surface area (Å²) in [5, 5.41) is 21.9. The third-order valence-corrected chi connectivity index (χ3v) is 8.40. The number of hydrogen-bond donors (Lipinski definition) is 2. The zero-order valence-corrected chi connectivity index (χ0v) is 32.6. The summed E-state index contributed by atoms with van der Waals surface area (Å²) in [5.41, 5.74) is 4.58. The summed E-state index contributed by atoms with van der Waals surface area (Å²) in [4.78, 5) is 24.9. The first-order valence-corrected chi connectivity index (χ1v) is 17.7. The number of phenolic OH excluding ortho intramolecular Hbond substituents is 2. The highest BCUT2D eigenvalue weighted by atomic mass is 16.6. The lowest BCUT2D eigenvalue weighted by Gasteiger charge is -2.28. The highest BCUT2D eigenvalue weighted by Gasteiger charge is 2.28. The second-order valence-corrected chi connectivity index (χ2v) is 17.3. The summed E-state index contributed by atoms with van der Waals surface area (Å²) in [7, 11) is 0. The van der Waals surface area contributed by atoms with Crippen molar-refractivity contribution in [3.63, 3.8) is 0 Å². The van der Waals surface area contributed by atoms with E-state index >= 15 is 0 Å². The molecular formula is C41H64O8. The van der Waals surface area contributed by atoms with E-state index in [1.54, 1.807) is 0 Å². The van der Waals surface area contributed by atoms with Gasteiger partial charge in [0.1, 0.15) is 24.7 Å². The van der Waals surface area contributed by atoms with Crippen molar-refractivity contribution in [1.29, 1.82) is 0 Å². The molecule has 2 aromatic rings. The van der Waals surface area contributed by atoms with E-state index in [1.807, 2.05) is 31.2 Å². The summed E-state index contributed by atoms with van der Waals surface area (Å²) in [6, 6.07) is 7.97. The average molecular weight is 685 g/mol. The number of carbonyl (C=O) groups is 2. The van der Waals surface area contributed by atoms with Gasteiger partial charge in [-0.05, 0) is 74.8 Å². The smallest absolute Gasteiger partial charge is 0.306 e. The first-order chi connectivity index (χ1) is 22.4. The number of phenols is 2. The van der Waals surface area contributed by atoms with Crippen LogP contribution in [0.4, 0.5) is 0 Å². The Balaban J connectivity index is 1.69. The SMILES string of the molecule is CC(COCCOC(=O)CCc1cc(C(C)(C)C)c(O)c(C(C)(C)C)c1)OCCOC(=O)CCc1cc(C(C)(C)C)c(O)c(C(C)(C)C)c1. The molecule has 1 atom stereocenters. The number of carbonyl (C=O) groups excluding carboxylic acids is 2. The van der Waals surface area contributed by atoms with E-state index in [2.05, 4.69) is 83.1 Å². The van der Waals surface area contributed by atoms with E-state index in [0.29, 0.717) is 30.9 Å². The van der Waals surface area contributed by atoms with Crippen LogP contribution in [0.5, 0.6) is 11.5 Å². The fraction of sp³-hybridized carbons (Fsp3) is 0.659. The van der Waals surface area contributed by atoms with Crippen molar-refractivity contribution in [2.45, 2.75) is 143 Å². The van der Waals surface area contributed by atoms with Crippen LogP contribution in [0.15, 0.2) is 24.3 Å². The fourth-order valence-corrected chi connectivity index (χ4v) is 5.52. The second-order valence-electron chi connectivity index (χ2n) is 17.3. The van der Waals surface area contributed by atoms with Crippen molar-refractivity contribution < 1.29 is 38.7 Å². The highest BCUT2D eigenvalue weighted by Crippen LogP contribution is 2.41. The molecule has 0 aliphatic rings. The van der Waals surface area contributed by atoms with Crippen LogP contribution in [0.3, 0.4) is 0 Å². The quantitative estimate of drug-likeness (QED) is 0.142. The molecule has 8 heteroatoms. The number of rotatable bonds is 15. The molecule has 0 radical (unpaired) electrons. The van der Waals surface area contributed by atoms with E-state index in [1.165, 1.54) is 0 Å². The number of ether oxygens (including phenoxy) is 4. The largest absolute Gasteiger partial charge is 0.507 e. The third-order valence-electron chi connectivity index (χ3n) is 8.40. The lowest BCUT2D eigenvalue weighted by molar-refractivity contribution is -0.147. The van der Waals surface area contributed by atoms with Crippen molar-refractivity contribution in [3.8, 4) is 11.5 Å². The van der Waals surface area contributed by atoms with Gasteiger partial charge in [0.2, 0.25) is 0 Å². The number of hydrogen-bond acceptors (Lipinski definition) is 8. The van der Waals surface area contributed by atoms with Crippen molar-refractivity contribution in [3.05, 3.63) is 57.6 Å². The van der Waals surface area contributed by atoms with Crippen LogP contribution in [0, 0.1) is 0 Å². The van der Waals surface area contributed by atoms with Gasteiger partial charge in [-0.1, -0.05) is 107 Å². The van der Waals surface area contributed by atoms with Gasteiger partial charge in [0.25, 0.3) is 0 Å². The Hall–Kier alpha value is -3.10. The normalized spacial score (nSPS) is 13.3. The molecule has 49 heavy (non-hydrogen) atoms. The van der Waals surface area contributed by atoms with Gasteiger partial charge in [0, 0.05) is 12.8 Å². The van der Waals surface area contributed by atoms with Gasteiger partial charge in [-0.15, -0.1) is 0 Å². The Morgan fingerprint density at radius 1 is 0.571 bits per heavy atom. The minimum Gasteiger partial charge on any atom is -0.507 e. The molecule has 0 fully saturated rings. The van der Waals surface area contributed by atoms with Gasteiger partial charge in [-0.2, -0.15) is 0 Å². The molecule has 8 nitrogen and oxygen atoms in total. The summed E-state index contributed by atoms with van der Waals surface area (Å²) >= 11 is 0. The van der Waals surface area contributed by atoms with Gasteiger partial charge < -0.3 is 29.2 Å². The van der Waals surface area contributed by atoms with Crippen molar-refractivity contribution in [2.75, 3.05) is 33.0 Å². The lowest BCUT2D eigenvalue weighted by Crippen LogP contribution is -2.21. The van der Waals surface area contributed by atoms with Crippen LogP contribution in [0.2, 0.25) is 0 Å². The predicted octanol–water partition coefficient (Wildman–Crippen LogP) is 8.36. The minimum atomic E-state index is -0.299. The molecule has 0 heterocycles. The van der Waals surface area contributed by atoms with Crippen molar-refractivity contribution >= 4 is 11.9 Å². The Morgan fingerprint density at radius 2 is 0.898 bits per heavy atom. The molecule has 0 aromatic heterocycles. The summed E-state index contributed by atoms with van der Waals surface area (Å²) in [6.45, 7) is 27.8. The lowest BCUT2D eigenvalue weighted by atomic mass is 9.78. The van der Waals surface area contributed by atoms with Crippen LogP contribution in [0.1, 0.15) is 136 Å². The molecule has 0 aliphatic heterocycles. The van der Waals surface area contributed by atoms with E-state index < -0.39 is 0 Å². The molecule has 0 saturated carbocycles. The molecule has 276 valence electrons. The molecular weight excluding hydrogens is 620 g/mol. The van der Waals surface area contributed by atoms with E-state index in [0.717, 1.165) is 33.4 Å². The van der Waals surface area contributed by atoms with Crippen LogP contribution >= 0.6 is 0 Å². The maximum atomic E-state index is 12.4. The maximum absolute atomic E-state index is 12.4. The molecule has 2 aromatic carbocycles. The molecule has 0 aliphatic carbocycles. The Morgan fingerprint density at radius 3 is 1.22 bits per heavy atom. The Labute approximate surface area is 295 Å². The van der Waals surface area contributed by atoms with Gasteiger partial charge in [0.05, 0.1) is 25.9 Å². The molecule has 0 saturated heterocycles. The zero-order chi connectivity index (χ0) is 37.4. The first-order valence-electron chi connectivity index (χ1n) is 17.7. The fourth-order valence-electron chi connectivity index (χ4n) is 5.52. The number of aromatic hydroxyl groups is 2. The summed E-state index contributed by atoms with van der Waals surface area (Å²) < 4.78 is 22.1. The molecule has 0 bridgehead atoms. The molecule has 0 amide bonds. The summed E-state index contributed by atoms with van der Waals surface area (Å²) in [5.74, 6) is 0.0574. The average Bonchev–Trinajstić information content (AvgIpc) is 2.95. The van der Waals surface area contributed by atoms with E-state index in [9.17, 15) is 19.8 Å². The molecule has 1 unspecified atom stereocenters. The minimum absolute atomic E-state index is 0.145. The van der Waals surface area contributed by atoms with Gasteiger partial charge in [-0.3, -0.25) is 9.59 Å². The Kier molecular flexibility index (Phi) is 14.8. The Bertz CT molecular complexity index is 1330. The van der Waals surface area contributed by atoms with Gasteiger partial charge in [-0.25, -0.2) is 0 Å². The van der Waals surface area contributed by atoms with Crippen LogP contribution in [-0.2, 0) is 63.0 Å². The zero-order valence-electron chi connectivity index (χ0n) is 32.6. The van der Waals surface area contributed by atoms with Crippen molar-refractivity contribution in [1.82, 2.24) is 0 Å². The maximum Gasteiger partial charge on any atom is 0.306 e. The predicted molar refractivity (Wildman–Crippen MR) is 196 cm³/mol. The van der Waals surface area contributed by atoms with Gasteiger partial charge in [0.15, 0.2) is 0 Å². The first kappa shape index (κ1) is 42.1. The molecule has 2 rings (SSSR count). The van der Waals surface area contributed by atoms with E-state index in [-0.39, 0.29) is 79.0 Å². The second kappa shape index (κ2) is 17.2. The van der Waals surface area contributed by atoms with Gasteiger partial charge >= 0.3 is 11.9 Å². The van der Waals surface area contributed by atoms with Crippen LogP contribution in [0.25, 0.3) is 0 Å². The highest BCUT2D eigenvalue weighted by molar-refractivity contribution is 5.70. The van der Waals surface area contributed by atoms with Crippen molar-refractivity contribution in [2.24, 2.45) is 0 Å².